The Hall–Kier alpha value is -0.870. The summed E-state index contributed by atoms with van der Waals surface area (Å²) in [7, 11) is 0. The number of nitrogens with one attached hydrogen (secondary N) is 2. The third-order valence-corrected chi connectivity index (χ3v) is 2.89. The molecule has 2 N–H and O–H groups in total. The van der Waals surface area contributed by atoms with Crippen LogP contribution in [-0.4, -0.2) is 25.2 Å². The van der Waals surface area contributed by atoms with Gasteiger partial charge in [-0.25, -0.2) is 4.99 Å². The molecule has 1 saturated heterocycles. The average Bonchev–Trinajstić information content (AvgIpc) is 2.68. The first-order valence-electron chi connectivity index (χ1n) is 5.69. The Balaban J connectivity index is 1.77. The fourth-order valence-electron chi connectivity index (χ4n) is 2.12. The summed E-state index contributed by atoms with van der Waals surface area (Å²) in [4.78, 5) is 9.71. The highest BCUT2D eigenvalue weighted by atomic mass is 16.7. The van der Waals surface area contributed by atoms with E-state index in [1.54, 1.807) is 0 Å². The van der Waals surface area contributed by atoms with Crippen molar-refractivity contribution in [3.05, 3.63) is 12.7 Å². The molecular weight excluding hydrogens is 190 g/mol. The maximum atomic E-state index is 5.26. The molecule has 2 heterocycles. The van der Waals surface area contributed by atoms with Crippen LogP contribution in [0, 0.1) is 5.92 Å². The molecule has 0 aromatic carbocycles. The number of hydrogen-bond acceptors (Lipinski definition) is 4. The molecule has 4 heteroatoms. The third-order valence-electron chi connectivity index (χ3n) is 2.89. The van der Waals surface area contributed by atoms with Gasteiger partial charge in [0.1, 0.15) is 6.17 Å². The van der Waals surface area contributed by atoms with Crippen LogP contribution in [0.4, 0.5) is 0 Å². The highest BCUT2D eigenvalue weighted by Crippen LogP contribution is 2.18. The third kappa shape index (κ3) is 3.04. The largest absolute Gasteiger partial charge is 0.391 e. The fourth-order valence-corrected chi connectivity index (χ4v) is 2.12. The van der Waals surface area contributed by atoms with Gasteiger partial charge in [-0.05, 0) is 38.3 Å². The summed E-state index contributed by atoms with van der Waals surface area (Å²) in [5, 5.41) is 3.41. The van der Waals surface area contributed by atoms with Gasteiger partial charge < -0.3 is 10.2 Å². The molecule has 4 nitrogen and oxygen atoms in total. The van der Waals surface area contributed by atoms with E-state index < -0.39 is 0 Å². The lowest BCUT2D eigenvalue weighted by Crippen LogP contribution is -2.34. The van der Waals surface area contributed by atoms with Gasteiger partial charge in [0.05, 0.1) is 0 Å². The number of nitrogens with zero attached hydrogens (tertiary/aromatic N) is 1. The van der Waals surface area contributed by atoms with Crippen molar-refractivity contribution in [2.45, 2.75) is 31.8 Å². The average molecular weight is 209 g/mol. The topological polar surface area (TPSA) is 45.7 Å². The van der Waals surface area contributed by atoms with E-state index in [-0.39, 0.29) is 6.17 Å². The van der Waals surface area contributed by atoms with E-state index in [1.165, 1.54) is 12.8 Å². The molecule has 2 aliphatic heterocycles. The van der Waals surface area contributed by atoms with Crippen molar-refractivity contribution in [3.8, 4) is 0 Å². The minimum absolute atomic E-state index is 0.143. The van der Waals surface area contributed by atoms with Crippen LogP contribution in [0.3, 0.4) is 0 Å². The van der Waals surface area contributed by atoms with Crippen molar-refractivity contribution < 1.29 is 4.84 Å². The molecule has 0 saturated carbocycles. The summed E-state index contributed by atoms with van der Waals surface area (Å²) in [6.07, 6.45) is 6.31. The molecule has 0 aromatic rings. The second-order valence-electron chi connectivity index (χ2n) is 4.20. The molecule has 2 aliphatic rings. The summed E-state index contributed by atoms with van der Waals surface area (Å²) in [6, 6.07) is 0. The van der Waals surface area contributed by atoms with Gasteiger partial charge in [-0.15, -0.1) is 12.1 Å². The van der Waals surface area contributed by atoms with Crippen LogP contribution in [0.2, 0.25) is 0 Å². The Morgan fingerprint density at radius 2 is 2.53 bits per heavy atom. The second-order valence-corrected chi connectivity index (χ2v) is 4.20. The fraction of sp³-hybridized carbons (Fsp3) is 0.727. The normalized spacial score (nSPS) is 30.8. The number of hydroxylamine groups is 1. The smallest absolute Gasteiger partial charge is 0.214 e. The van der Waals surface area contributed by atoms with Crippen LogP contribution in [-0.2, 0) is 4.84 Å². The molecule has 2 atom stereocenters. The van der Waals surface area contributed by atoms with Gasteiger partial charge in [-0.1, -0.05) is 6.08 Å². The van der Waals surface area contributed by atoms with E-state index in [0.717, 1.165) is 31.3 Å². The van der Waals surface area contributed by atoms with Crippen LogP contribution in [0.15, 0.2) is 17.6 Å². The Labute approximate surface area is 90.8 Å². The predicted octanol–water partition coefficient (Wildman–Crippen LogP) is 1.21. The van der Waals surface area contributed by atoms with E-state index in [4.69, 9.17) is 4.84 Å². The predicted molar refractivity (Wildman–Crippen MR) is 60.5 cm³/mol. The summed E-state index contributed by atoms with van der Waals surface area (Å²) in [6.45, 7) is 5.94. The Morgan fingerprint density at radius 3 is 3.27 bits per heavy atom. The van der Waals surface area contributed by atoms with Gasteiger partial charge in [0.2, 0.25) is 5.90 Å². The number of rotatable bonds is 4. The highest BCUT2D eigenvalue weighted by Gasteiger charge is 2.22. The van der Waals surface area contributed by atoms with Crippen LogP contribution in [0.25, 0.3) is 0 Å². The van der Waals surface area contributed by atoms with E-state index in [2.05, 4.69) is 22.4 Å². The van der Waals surface area contributed by atoms with E-state index >= 15 is 0 Å². The van der Waals surface area contributed by atoms with Crippen molar-refractivity contribution in [3.63, 3.8) is 0 Å². The lowest BCUT2D eigenvalue weighted by molar-refractivity contribution is 0.158. The van der Waals surface area contributed by atoms with Crippen molar-refractivity contribution >= 4 is 5.90 Å². The van der Waals surface area contributed by atoms with Crippen molar-refractivity contribution in [1.82, 2.24) is 10.8 Å². The summed E-state index contributed by atoms with van der Waals surface area (Å²) < 4.78 is 0. The van der Waals surface area contributed by atoms with Gasteiger partial charge in [0.25, 0.3) is 0 Å². The molecule has 1 fully saturated rings. The molecule has 84 valence electrons. The first-order chi connectivity index (χ1) is 7.38. The maximum Gasteiger partial charge on any atom is 0.214 e. The Morgan fingerprint density at radius 1 is 1.60 bits per heavy atom. The van der Waals surface area contributed by atoms with E-state index in [0.29, 0.717) is 6.42 Å². The van der Waals surface area contributed by atoms with Crippen molar-refractivity contribution in [2.24, 2.45) is 10.9 Å². The Bertz CT molecular complexity index is 246. The summed E-state index contributed by atoms with van der Waals surface area (Å²) >= 11 is 0. The molecule has 0 amide bonds. The van der Waals surface area contributed by atoms with Gasteiger partial charge in [-0.2, -0.15) is 0 Å². The van der Waals surface area contributed by atoms with E-state index in [9.17, 15) is 0 Å². The standard InChI is InChI=1S/C11H19N3O/c1-2-4-11-13-10(14-15-11)7-9-5-3-6-12-8-9/h2,9-10,12,14H,1,3-8H2. The molecule has 0 spiro atoms. The maximum absolute atomic E-state index is 5.26. The molecule has 2 unspecified atom stereocenters. The van der Waals surface area contributed by atoms with E-state index in [1.807, 2.05) is 6.08 Å². The minimum atomic E-state index is 0.143. The van der Waals surface area contributed by atoms with Crippen LogP contribution in [0.5, 0.6) is 0 Å². The summed E-state index contributed by atoms with van der Waals surface area (Å²) in [5.74, 6) is 1.49. The van der Waals surface area contributed by atoms with Crippen LogP contribution >= 0.6 is 0 Å². The Kier molecular flexibility index (Phi) is 3.75. The van der Waals surface area contributed by atoms with Crippen molar-refractivity contribution in [2.75, 3.05) is 13.1 Å². The van der Waals surface area contributed by atoms with Gasteiger partial charge >= 0.3 is 0 Å². The zero-order valence-electron chi connectivity index (χ0n) is 9.04. The molecule has 2 rings (SSSR count). The van der Waals surface area contributed by atoms with Gasteiger partial charge in [-0.3, -0.25) is 0 Å². The molecular formula is C11H19N3O. The molecule has 15 heavy (non-hydrogen) atoms. The number of hydrogen-bond donors (Lipinski definition) is 2. The zero-order chi connectivity index (χ0) is 10.5. The van der Waals surface area contributed by atoms with Crippen molar-refractivity contribution in [1.29, 1.82) is 0 Å². The molecule has 0 aliphatic carbocycles. The highest BCUT2D eigenvalue weighted by molar-refractivity contribution is 5.78. The number of aliphatic imine (C=N–C) groups is 1. The summed E-state index contributed by atoms with van der Waals surface area (Å²) in [5.41, 5.74) is 2.96. The van der Waals surface area contributed by atoms with Crippen LogP contribution in [0.1, 0.15) is 25.7 Å². The quantitative estimate of drug-likeness (QED) is 0.684. The lowest BCUT2D eigenvalue weighted by atomic mass is 9.95. The van der Waals surface area contributed by atoms with Gasteiger partial charge in [0.15, 0.2) is 0 Å². The monoisotopic (exact) mass is 209 g/mol. The second kappa shape index (κ2) is 5.28. The molecule has 0 bridgehead atoms. The zero-order valence-corrected chi connectivity index (χ0v) is 9.04. The number of piperidine rings is 1. The lowest BCUT2D eigenvalue weighted by Gasteiger charge is -2.23. The SMILES string of the molecule is C=CCC1=NC(CC2CCCNC2)NO1. The molecule has 0 aromatic heterocycles. The molecule has 0 radical (unpaired) electrons. The van der Waals surface area contributed by atoms with Crippen LogP contribution < -0.4 is 10.8 Å². The first kappa shape index (κ1) is 10.6. The first-order valence-corrected chi connectivity index (χ1v) is 5.69. The van der Waals surface area contributed by atoms with Gasteiger partial charge in [0, 0.05) is 6.42 Å². The minimum Gasteiger partial charge on any atom is -0.391 e.